The van der Waals surface area contributed by atoms with Crippen molar-refractivity contribution >= 4 is 17.3 Å². The van der Waals surface area contributed by atoms with Crippen molar-refractivity contribution in [2.75, 3.05) is 11.1 Å². The van der Waals surface area contributed by atoms with Crippen LogP contribution in [0.2, 0.25) is 0 Å². The molecule has 0 bridgehead atoms. The van der Waals surface area contributed by atoms with E-state index in [2.05, 4.69) is 5.32 Å². The fourth-order valence-corrected chi connectivity index (χ4v) is 1.78. The molecule has 94 valence electrons. The number of nitrogens with one attached hydrogen (secondary N) is 1. The second-order valence-corrected chi connectivity index (χ2v) is 4.36. The van der Waals surface area contributed by atoms with Crippen LogP contribution >= 0.6 is 0 Å². The number of benzene rings is 1. The summed E-state index contributed by atoms with van der Waals surface area (Å²) in [6, 6.07) is 5.47. The van der Waals surface area contributed by atoms with E-state index in [1.807, 2.05) is 26.8 Å². The van der Waals surface area contributed by atoms with Gasteiger partial charge in [0.05, 0.1) is 17.6 Å². The highest BCUT2D eigenvalue weighted by atomic mass is 16.3. The van der Waals surface area contributed by atoms with Crippen LogP contribution < -0.4 is 11.1 Å². The topological polar surface area (TPSA) is 68.3 Å². The Kier molecular flexibility index (Phi) is 3.10. The first-order valence-corrected chi connectivity index (χ1v) is 5.72. The molecule has 0 aliphatic heterocycles. The molecule has 0 fully saturated rings. The van der Waals surface area contributed by atoms with Crippen molar-refractivity contribution in [3.05, 3.63) is 46.9 Å². The van der Waals surface area contributed by atoms with Gasteiger partial charge in [-0.15, -0.1) is 0 Å². The van der Waals surface area contributed by atoms with E-state index in [9.17, 15) is 4.79 Å². The van der Waals surface area contributed by atoms with Crippen LogP contribution in [0.25, 0.3) is 0 Å². The summed E-state index contributed by atoms with van der Waals surface area (Å²) >= 11 is 0. The molecule has 18 heavy (non-hydrogen) atoms. The number of nitrogens with two attached hydrogens (primary N) is 1. The predicted octanol–water partition coefficient (Wildman–Crippen LogP) is 3.04. The van der Waals surface area contributed by atoms with Crippen molar-refractivity contribution < 1.29 is 9.21 Å². The van der Waals surface area contributed by atoms with Crippen LogP contribution in [-0.2, 0) is 0 Å². The maximum absolute atomic E-state index is 12.1. The number of hydrogen-bond acceptors (Lipinski definition) is 3. The Hall–Kier alpha value is -2.23. The van der Waals surface area contributed by atoms with Crippen LogP contribution in [0.5, 0.6) is 0 Å². The van der Waals surface area contributed by atoms with E-state index >= 15 is 0 Å². The van der Waals surface area contributed by atoms with Crippen LogP contribution in [-0.4, -0.2) is 5.91 Å². The SMILES string of the molecule is Cc1ccoc1C(=O)Nc1c(N)ccc(C)c1C. The molecule has 4 heteroatoms. The minimum absolute atomic E-state index is 0.280. The minimum atomic E-state index is -0.280. The summed E-state index contributed by atoms with van der Waals surface area (Å²) in [5, 5.41) is 2.80. The van der Waals surface area contributed by atoms with Gasteiger partial charge in [0.1, 0.15) is 0 Å². The van der Waals surface area contributed by atoms with Crippen molar-refractivity contribution in [2.45, 2.75) is 20.8 Å². The lowest BCUT2D eigenvalue weighted by molar-refractivity contribution is 0.0996. The fraction of sp³-hybridized carbons (Fsp3) is 0.214. The molecule has 1 amide bonds. The number of carbonyl (C=O) groups is 1. The van der Waals surface area contributed by atoms with Crippen LogP contribution in [0, 0.1) is 20.8 Å². The monoisotopic (exact) mass is 244 g/mol. The number of carbonyl (C=O) groups excluding carboxylic acids is 1. The van der Waals surface area contributed by atoms with Gasteiger partial charge in [0.25, 0.3) is 5.91 Å². The zero-order chi connectivity index (χ0) is 13.3. The van der Waals surface area contributed by atoms with E-state index in [0.29, 0.717) is 17.1 Å². The molecule has 0 atom stereocenters. The minimum Gasteiger partial charge on any atom is -0.459 e. The highest BCUT2D eigenvalue weighted by Gasteiger charge is 2.15. The summed E-state index contributed by atoms with van der Waals surface area (Å²) in [4.78, 5) is 12.1. The molecule has 0 aliphatic rings. The molecule has 0 unspecified atom stereocenters. The zero-order valence-corrected chi connectivity index (χ0v) is 10.7. The van der Waals surface area contributed by atoms with Gasteiger partial charge in [0.2, 0.25) is 0 Å². The van der Waals surface area contributed by atoms with Crippen LogP contribution in [0.1, 0.15) is 27.2 Å². The normalized spacial score (nSPS) is 10.4. The largest absolute Gasteiger partial charge is 0.459 e. The number of rotatable bonds is 2. The summed E-state index contributed by atoms with van der Waals surface area (Å²) in [6.07, 6.45) is 1.50. The Bertz CT molecular complexity index is 600. The van der Waals surface area contributed by atoms with Gasteiger partial charge in [0.15, 0.2) is 5.76 Å². The van der Waals surface area contributed by atoms with Crippen LogP contribution in [0.4, 0.5) is 11.4 Å². The lowest BCUT2D eigenvalue weighted by Gasteiger charge is -2.12. The molecule has 0 aliphatic carbocycles. The Morgan fingerprint density at radius 1 is 1.17 bits per heavy atom. The lowest BCUT2D eigenvalue weighted by atomic mass is 10.1. The summed E-state index contributed by atoms with van der Waals surface area (Å²) in [7, 11) is 0. The molecular formula is C14H16N2O2. The zero-order valence-electron chi connectivity index (χ0n) is 10.7. The summed E-state index contributed by atoms with van der Waals surface area (Å²) in [5.74, 6) is 0.0354. The molecule has 0 saturated heterocycles. The van der Waals surface area contributed by atoms with E-state index in [1.165, 1.54) is 6.26 Å². The van der Waals surface area contributed by atoms with Gasteiger partial charge in [0, 0.05) is 5.56 Å². The standard InChI is InChI=1S/C14H16N2O2/c1-8-4-5-11(15)12(10(8)3)16-14(17)13-9(2)6-7-18-13/h4-7H,15H2,1-3H3,(H,16,17). The molecule has 3 N–H and O–H groups in total. The third-order valence-corrected chi connectivity index (χ3v) is 3.07. The molecular weight excluding hydrogens is 228 g/mol. The average molecular weight is 244 g/mol. The maximum Gasteiger partial charge on any atom is 0.291 e. The maximum atomic E-state index is 12.1. The van der Waals surface area contributed by atoms with Crippen molar-refractivity contribution in [1.82, 2.24) is 0 Å². The van der Waals surface area contributed by atoms with E-state index in [0.717, 1.165) is 16.7 Å². The molecule has 4 nitrogen and oxygen atoms in total. The number of aryl methyl sites for hydroxylation is 2. The van der Waals surface area contributed by atoms with E-state index in [1.54, 1.807) is 12.1 Å². The Balaban J connectivity index is 2.33. The first-order valence-electron chi connectivity index (χ1n) is 5.72. The second-order valence-electron chi connectivity index (χ2n) is 4.36. The summed E-state index contributed by atoms with van der Waals surface area (Å²) < 4.78 is 5.16. The number of hydrogen-bond donors (Lipinski definition) is 2. The van der Waals surface area contributed by atoms with Gasteiger partial charge in [-0.2, -0.15) is 0 Å². The third-order valence-electron chi connectivity index (χ3n) is 3.07. The Labute approximate surface area is 106 Å². The van der Waals surface area contributed by atoms with Crippen molar-refractivity contribution in [3.8, 4) is 0 Å². The predicted molar refractivity (Wildman–Crippen MR) is 71.7 cm³/mol. The lowest BCUT2D eigenvalue weighted by Crippen LogP contribution is -2.14. The van der Waals surface area contributed by atoms with Gasteiger partial charge in [-0.25, -0.2) is 0 Å². The third kappa shape index (κ3) is 2.09. The molecule has 0 radical (unpaired) electrons. The fourth-order valence-electron chi connectivity index (χ4n) is 1.78. The van der Waals surface area contributed by atoms with Gasteiger partial charge in [-0.3, -0.25) is 4.79 Å². The molecule has 1 heterocycles. The molecule has 0 spiro atoms. The highest BCUT2D eigenvalue weighted by molar-refractivity contribution is 6.05. The number of nitrogen functional groups attached to an aromatic ring is 1. The Morgan fingerprint density at radius 3 is 2.50 bits per heavy atom. The van der Waals surface area contributed by atoms with E-state index < -0.39 is 0 Å². The smallest absolute Gasteiger partial charge is 0.291 e. The van der Waals surface area contributed by atoms with Crippen molar-refractivity contribution in [3.63, 3.8) is 0 Å². The summed E-state index contributed by atoms with van der Waals surface area (Å²) in [6.45, 7) is 5.73. The Morgan fingerprint density at radius 2 is 1.89 bits per heavy atom. The summed E-state index contributed by atoms with van der Waals surface area (Å²) in [5.41, 5.74) is 9.93. The van der Waals surface area contributed by atoms with Crippen LogP contribution in [0.3, 0.4) is 0 Å². The molecule has 2 rings (SSSR count). The van der Waals surface area contributed by atoms with Crippen LogP contribution in [0.15, 0.2) is 28.9 Å². The van der Waals surface area contributed by atoms with Gasteiger partial charge < -0.3 is 15.5 Å². The number of furan rings is 1. The second kappa shape index (κ2) is 4.56. The van der Waals surface area contributed by atoms with E-state index in [-0.39, 0.29) is 5.91 Å². The van der Waals surface area contributed by atoms with Gasteiger partial charge in [-0.05, 0) is 44.0 Å². The quantitative estimate of drug-likeness (QED) is 0.798. The van der Waals surface area contributed by atoms with Gasteiger partial charge >= 0.3 is 0 Å². The van der Waals surface area contributed by atoms with E-state index in [4.69, 9.17) is 10.2 Å². The highest BCUT2D eigenvalue weighted by Crippen LogP contribution is 2.26. The molecule has 1 aromatic heterocycles. The number of anilines is 2. The number of amides is 1. The van der Waals surface area contributed by atoms with Crippen molar-refractivity contribution in [2.24, 2.45) is 0 Å². The molecule has 2 aromatic rings. The average Bonchev–Trinajstić information content (AvgIpc) is 2.76. The molecule has 1 aromatic carbocycles. The van der Waals surface area contributed by atoms with Gasteiger partial charge in [-0.1, -0.05) is 6.07 Å². The first-order chi connectivity index (χ1) is 8.50. The first kappa shape index (κ1) is 12.2. The molecule has 0 saturated carbocycles. The van der Waals surface area contributed by atoms with Crippen molar-refractivity contribution in [1.29, 1.82) is 0 Å².